The largest absolute Gasteiger partial charge is 0.444 e. The number of rotatable bonds is 3. The van der Waals surface area contributed by atoms with E-state index in [0.29, 0.717) is 16.4 Å². The zero-order valence-electron chi connectivity index (χ0n) is 11.6. The van der Waals surface area contributed by atoms with Gasteiger partial charge in [-0.2, -0.15) is 0 Å². The Labute approximate surface area is 122 Å². The van der Waals surface area contributed by atoms with Crippen LogP contribution in [0.25, 0.3) is 0 Å². The molecule has 7 heteroatoms. The van der Waals surface area contributed by atoms with E-state index in [1.54, 1.807) is 32.9 Å². The van der Waals surface area contributed by atoms with Gasteiger partial charge in [0, 0.05) is 5.02 Å². The number of ether oxygens (including phenoxy) is 1. The van der Waals surface area contributed by atoms with Crippen LogP contribution in [-0.4, -0.2) is 24.1 Å². The Morgan fingerprint density at radius 1 is 1.35 bits per heavy atom. The van der Waals surface area contributed by atoms with Crippen molar-refractivity contribution in [2.45, 2.75) is 26.4 Å². The average molecular weight is 300 g/mol. The van der Waals surface area contributed by atoms with Crippen LogP contribution in [0.5, 0.6) is 0 Å². The molecule has 0 saturated carbocycles. The Morgan fingerprint density at radius 2 is 2.00 bits per heavy atom. The molecule has 0 aliphatic heterocycles. The molecule has 0 saturated heterocycles. The molecule has 0 spiro atoms. The van der Waals surface area contributed by atoms with Gasteiger partial charge in [-0.15, -0.1) is 0 Å². The molecule has 0 aliphatic rings. The van der Waals surface area contributed by atoms with Crippen LogP contribution in [0.1, 0.15) is 20.8 Å². The van der Waals surface area contributed by atoms with Crippen molar-refractivity contribution in [2.75, 3.05) is 17.6 Å². The van der Waals surface area contributed by atoms with E-state index in [2.05, 4.69) is 10.6 Å². The number of alkyl carbamates (subject to hydrolysis) is 1. The van der Waals surface area contributed by atoms with Crippen LogP contribution in [0.4, 0.5) is 16.2 Å². The van der Waals surface area contributed by atoms with Crippen LogP contribution in [0.15, 0.2) is 18.2 Å². The fourth-order valence-corrected chi connectivity index (χ4v) is 1.47. The summed E-state index contributed by atoms with van der Waals surface area (Å²) < 4.78 is 5.01. The molecule has 0 unspecified atom stereocenters. The van der Waals surface area contributed by atoms with Crippen LogP contribution in [0.2, 0.25) is 5.02 Å². The number of carbonyl (C=O) groups is 2. The first-order chi connectivity index (χ1) is 9.17. The monoisotopic (exact) mass is 299 g/mol. The number of halogens is 1. The number of hydrogen-bond acceptors (Lipinski definition) is 4. The third-order valence-corrected chi connectivity index (χ3v) is 2.32. The van der Waals surface area contributed by atoms with Crippen molar-refractivity contribution in [3.05, 3.63) is 23.2 Å². The van der Waals surface area contributed by atoms with Crippen molar-refractivity contribution >= 4 is 35.0 Å². The predicted molar refractivity (Wildman–Crippen MR) is 78.7 cm³/mol. The summed E-state index contributed by atoms with van der Waals surface area (Å²) in [5.74, 6) is -0.426. The van der Waals surface area contributed by atoms with Gasteiger partial charge in [0.25, 0.3) is 0 Å². The lowest BCUT2D eigenvalue weighted by Gasteiger charge is -2.19. The number of benzene rings is 1. The van der Waals surface area contributed by atoms with E-state index >= 15 is 0 Å². The molecule has 1 rings (SSSR count). The first kappa shape index (κ1) is 16.1. The molecule has 1 aromatic rings. The fraction of sp³-hybridized carbons (Fsp3) is 0.385. The fourth-order valence-electron chi connectivity index (χ4n) is 1.30. The molecular formula is C13H18ClN3O3. The van der Waals surface area contributed by atoms with Gasteiger partial charge in [-0.25, -0.2) is 4.79 Å². The number of nitrogens with one attached hydrogen (secondary N) is 2. The standard InChI is InChI=1S/C13H18ClN3O3/c1-13(2,3)20-12(19)16-7-11(18)17-10-6-8(14)4-5-9(10)15/h4-6H,7,15H2,1-3H3,(H,16,19)(H,17,18). The molecule has 0 fully saturated rings. The minimum absolute atomic E-state index is 0.221. The molecule has 6 nitrogen and oxygen atoms in total. The topological polar surface area (TPSA) is 93.4 Å². The van der Waals surface area contributed by atoms with Gasteiger partial charge in [-0.05, 0) is 39.0 Å². The van der Waals surface area contributed by atoms with E-state index in [0.717, 1.165) is 0 Å². The molecule has 0 aromatic heterocycles. The van der Waals surface area contributed by atoms with E-state index in [-0.39, 0.29) is 6.54 Å². The molecule has 0 aliphatic carbocycles. The Bertz CT molecular complexity index is 512. The van der Waals surface area contributed by atoms with E-state index < -0.39 is 17.6 Å². The van der Waals surface area contributed by atoms with Gasteiger partial charge < -0.3 is 21.1 Å². The summed E-state index contributed by atoms with van der Waals surface area (Å²) in [6.45, 7) is 4.98. The number of anilines is 2. The maximum absolute atomic E-state index is 11.7. The third-order valence-electron chi connectivity index (χ3n) is 2.08. The van der Waals surface area contributed by atoms with E-state index in [1.807, 2.05) is 0 Å². The lowest BCUT2D eigenvalue weighted by molar-refractivity contribution is -0.115. The molecule has 2 amide bonds. The van der Waals surface area contributed by atoms with Gasteiger partial charge in [-0.3, -0.25) is 4.79 Å². The minimum atomic E-state index is -0.660. The number of amides is 2. The normalized spacial score (nSPS) is 10.8. The van der Waals surface area contributed by atoms with Crippen LogP contribution in [-0.2, 0) is 9.53 Å². The molecule has 0 atom stereocenters. The molecule has 4 N–H and O–H groups in total. The van der Waals surface area contributed by atoms with Crippen LogP contribution in [0, 0.1) is 0 Å². The highest BCUT2D eigenvalue weighted by Crippen LogP contribution is 2.22. The Kier molecular flexibility index (Phi) is 5.21. The highest BCUT2D eigenvalue weighted by Gasteiger charge is 2.16. The highest BCUT2D eigenvalue weighted by atomic mass is 35.5. The highest BCUT2D eigenvalue weighted by molar-refractivity contribution is 6.31. The van der Waals surface area contributed by atoms with Gasteiger partial charge in [-0.1, -0.05) is 11.6 Å². The van der Waals surface area contributed by atoms with Crippen molar-refractivity contribution in [3.63, 3.8) is 0 Å². The minimum Gasteiger partial charge on any atom is -0.444 e. The second kappa shape index (κ2) is 6.47. The summed E-state index contributed by atoms with van der Waals surface area (Å²) >= 11 is 5.80. The molecule has 0 heterocycles. The molecule has 0 bridgehead atoms. The average Bonchev–Trinajstić information content (AvgIpc) is 2.29. The first-order valence-corrected chi connectivity index (χ1v) is 6.37. The molecule has 1 aromatic carbocycles. The van der Waals surface area contributed by atoms with Crippen LogP contribution < -0.4 is 16.4 Å². The number of hydrogen-bond donors (Lipinski definition) is 3. The smallest absolute Gasteiger partial charge is 0.408 e. The lowest BCUT2D eigenvalue weighted by Crippen LogP contribution is -2.37. The summed E-state index contributed by atoms with van der Waals surface area (Å²) in [6, 6.07) is 4.73. The quantitative estimate of drug-likeness (QED) is 0.747. The van der Waals surface area contributed by atoms with Crippen LogP contribution >= 0.6 is 11.6 Å². The lowest BCUT2D eigenvalue weighted by atomic mass is 10.2. The van der Waals surface area contributed by atoms with Gasteiger partial charge in [0.1, 0.15) is 12.1 Å². The molecule has 20 heavy (non-hydrogen) atoms. The Morgan fingerprint density at radius 3 is 2.60 bits per heavy atom. The number of nitrogen functional groups attached to an aromatic ring is 1. The summed E-state index contributed by atoms with van der Waals surface area (Å²) in [5, 5.41) is 5.35. The van der Waals surface area contributed by atoms with Crippen LogP contribution in [0.3, 0.4) is 0 Å². The summed E-state index contributed by atoms with van der Waals surface area (Å²) in [4.78, 5) is 23.0. The SMILES string of the molecule is CC(C)(C)OC(=O)NCC(=O)Nc1cc(Cl)ccc1N. The number of carbonyl (C=O) groups excluding carboxylic acids is 2. The zero-order valence-corrected chi connectivity index (χ0v) is 12.4. The summed E-state index contributed by atoms with van der Waals surface area (Å²) in [6.07, 6.45) is -0.660. The molecule has 110 valence electrons. The Hall–Kier alpha value is -1.95. The van der Waals surface area contributed by atoms with E-state index in [4.69, 9.17) is 22.1 Å². The summed E-state index contributed by atoms with van der Waals surface area (Å²) in [7, 11) is 0. The summed E-state index contributed by atoms with van der Waals surface area (Å²) in [5.41, 5.74) is 5.86. The van der Waals surface area contributed by atoms with Crippen molar-refractivity contribution in [1.29, 1.82) is 0 Å². The van der Waals surface area contributed by atoms with Gasteiger partial charge in [0.05, 0.1) is 11.4 Å². The molecular weight excluding hydrogens is 282 g/mol. The van der Waals surface area contributed by atoms with Crippen molar-refractivity contribution in [3.8, 4) is 0 Å². The maximum Gasteiger partial charge on any atom is 0.408 e. The number of nitrogens with two attached hydrogens (primary N) is 1. The third kappa shape index (κ3) is 5.79. The van der Waals surface area contributed by atoms with Crippen molar-refractivity contribution < 1.29 is 14.3 Å². The maximum atomic E-state index is 11.7. The van der Waals surface area contributed by atoms with Crippen molar-refractivity contribution in [2.24, 2.45) is 0 Å². The van der Waals surface area contributed by atoms with Gasteiger partial charge in [0.2, 0.25) is 5.91 Å². The predicted octanol–water partition coefficient (Wildman–Crippen LogP) is 2.39. The van der Waals surface area contributed by atoms with Gasteiger partial charge >= 0.3 is 6.09 Å². The van der Waals surface area contributed by atoms with E-state index in [1.165, 1.54) is 6.07 Å². The van der Waals surface area contributed by atoms with E-state index in [9.17, 15) is 9.59 Å². The second-order valence-electron chi connectivity index (χ2n) is 5.14. The first-order valence-electron chi connectivity index (χ1n) is 5.99. The van der Waals surface area contributed by atoms with Gasteiger partial charge in [0.15, 0.2) is 0 Å². The molecule has 0 radical (unpaired) electrons. The second-order valence-corrected chi connectivity index (χ2v) is 5.57. The zero-order chi connectivity index (χ0) is 15.3. The Balaban J connectivity index is 2.48. The van der Waals surface area contributed by atoms with Crippen molar-refractivity contribution in [1.82, 2.24) is 5.32 Å².